The van der Waals surface area contributed by atoms with Crippen LogP contribution in [0, 0.1) is 5.92 Å². The van der Waals surface area contributed by atoms with Crippen molar-refractivity contribution >= 4 is 23.5 Å². The molecule has 0 atom stereocenters. The van der Waals surface area contributed by atoms with E-state index in [9.17, 15) is 4.79 Å². The zero-order valence-electron chi connectivity index (χ0n) is 13.3. The van der Waals surface area contributed by atoms with Crippen LogP contribution in [0.5, 0.6) is 0 Å². The minimum atomic E-state index is -0.0357. The van der Waals surface area contributed by atoms with E-state index in [0.717, 1.165) is 13.0 Å². The molecule has 0 saturated carbocycles. The average molecular weight is 294 g/mol. The number of nitrogen functional groups attached to an aromatic ring is 1. The topological polar surface area (TPSA) is 96.2 Å². The van der Waals surface area contributed by atoms with Gasteiger partial charge in [-0.1, -0.05) is 20.8 Å². The molecule has 0 bridgehead atoms. The van der Waals surface area contributed by atoms with Crippen LogP contribution in [0.4, 0.5) is 17.6 Å². The van der Waals surface area contributed by atoms with Crippen LogP contribution in [0.3, 0.4) is 0 Å². The number of nitrogens with two attached hydrogens (primary N) is 1. The molecule has 1 aromatic heterocycles. The van der Waals surface area contributed by atoms with Crippen molar-refractivity contribution in [2.45, 2.75) is 27.2 Å². The van der Waals surface area contributed by atoms with Crippen LogP contribution in [0.1, 0.15) is 27.2 Å². The molecule has 7 heteroatoms. The Kier molecular flexibility index (Phi) is 6.71. The largest absolute Gasteiger partial charge is 0.370 e. The van der Waals surface area contributed by atoms with Crippen molar-refractivity contribution in [1.82, 2.24) is 15.3 Å². The van der Waals surface area contributed by atoms with Gasteiger partial charge in [0.2, 0.25) is 11.9 Å². The Bertz CT molecular complexity index is 463. The van der Waals surface area contributed by atoms with Crippen molar-refractivity contribution in [1.29, 1.82) is 0 Å². The molecule has 0 unspecified atom stereocenters. The second-order valence-electron chi connectivity index (χ2n) is 5.45. The number of nitrogens with zero attached hydrogens (tertiary/aromatic N) is 3. The van der Waals surface area contributed by atoms with E-state index in [-0.39, 0.29) is 18.4 Å². The van der Waals surface area contributed by atoms with Crippen LogP contribution in [0.2, 0.25) is 0 Å². The summed E-state index contributed by atoms with van der Waals surface area (Å²) < 4.78 is 0. The molecule has 1 rings (SSSR count). The van der Waals surface area contributed by atoms with Crippen LogP contribution in [0.15, 0.2) is 6.07 Å². The maximum Gasteiger partial charge on any atom is 0.239 e. The van der Waals surface area contributed by atoms with Gasteiger partial charge in [-0.2, -0.15) is 9.97 Å². The van der Waals surface area contributed by atoms with Gasteiger partial charge < -0.3 is 21.3 Å². The second-order valence-corrected chi connectivity index (χ2v) is 5.45. The van der Waals surface area contributed by atoms with Gasteiger partial charge in [-0.25, -0.2) is 0 Å². The fourth-order valence-corrected chi connectivity index (χ4v) is 1.66. The van der Waals surface area contributed by atoms with E-state index in [1.54, 1.807) is 18.0 Å². The molecule has 1 amide bonds. The Morgan fingerprint density at radius 3 is 2.76 bits per heavy atom. The molecule has 4 N–H and O–H groups in total. The summed E-state index contributed by atoms with van der Waals surface area (Å²) in [5, 5.41) is 6.04. The zero-order valence-corrected chi connectivity index (χ0v) is 13.3. The first kappa shape index (κ1) is 17.0. The molecule has 7 nitrogen and oxygen atoms in total. The predicted octanol–water partition coefficient (Wildman–Crippen LogP) is 1.09. The molecule has 21 heavy (non-hydrogen) atoms. The van der Waals surface area contributed by atoms with Crippen LogP contribution in [-0.4, -0.2) is 42.6 Å². The first-order valence-electron chi connectivity index (χ1n) is 7.28. The van der Waals surface area contributed by atoms with E-state index >= 15 is 0 Å². The molecule has 0 saturated heterocycles. The highest BCUT2D eigenvalue weighted by molar-refractivity contribution is 5.81. The summed E-state index contributed by atoms with van der Waals surface area (Å²) in [5.74, 6) is 1.89. The number of rotatable bonds is 8. The first-order valence-corrected chi connectivity index (χ1v) is 7.28. The van der Waals surface area contributed by atoms with Gasteiger partial charge >= 0.3 is 0 Å². The third kappa shape index (κ3) is 6.29. The number of aromatic nitrogens is 2. The third-order valence-electron chi connectivity index (χ3n) is 2.77. The Morgan fingerprint density at radius 1 is 1.43 bits per heavy atom. The maximum atomic E-state index is 11.8. The van der Waals surface area contributed by atoms with Gasteiger partial charge in [-0.15, -0.1) is 0 Å². The smallest absolute Gasteiger partial charge is 0.239 e. The molecule has 0 fully saturated rings. The molecule has 0 aliphatic carbocycles. The molecule has 0 aliphatic heterocycles. The van der Waals surface area contributed by atoms with Crippen molar-refractivity contribution in [3.05, 3.63) is 6.07 Å². The summed E-state index contributed by atoms with van der Waals surface area (Å²) in [6.07, 6.45) is 0.993. The minimum absolute atomic E-state index is 0.0357. The third-order valence-corrected chi connectivity index (χ3v) is 2.77. The van der Waals surface area contributed by atoms with Crippen LogP contribution in [-0.2, 0) is 4.79 Å². The number of likely N-dealkylation sites (N-methyl/N-ethyl adjacent to an activating group) is 1. The minimum Gasteiger partial charge on any atom is -0.370 e. The maximum absolute atomic E-state index is 11.8. The molecule has 1 aromatic rings. The van der Waals surface area contributed by atoms with Gasteiger partial charge in [-0.3, -0.25) is 4.79 Å². The van der Waals surface area contributed by atoms with Gasteiger partial charge in [0.1, 0.15) is 11.6 Å². The Hall–Kier alpha value is -2.05. The fraction of sp³-hybridized carbons (Fsp3) is 0.643. The van der Waals surface area contributed by atoms with Gasteiger partial charge in [-0.05, 0) is 12.3 Å². The molecular formula is C14H26N6O. The van der Waals surface area contributed by atoms with E-state index in [2.05, 4.69) is 41.4 Å². The average Bonchev–Trinajstić information content (AvgIpc) is 2.42. The quantitative estimate of drug-likeness (QED) is 0.664. The Labute approximate surface area is 126 Å². The number of hydrogen-bond acceptors (Lipinski definition) is 6. The SMILES string of the molecule is CCCNc1cc(N(C)CC(=O)NCC(C)C)nc(N)n1. The van der Waals surface area contributed by atoms with Crippen molar-refractivity contribution in [3.63, 3.8) is 0 Å². The van der Waals surface area contributed by atoms with E-state index in [4.69, 9.17) is 5.73 Å². The van der Waals surface area contributed by atoms with Gasteiger partial charge in [0.15, 0.2) is 0 Å². The summed E-state index contributed by atoms with van der Waals surface area (Å²) >= 11 is 0. The standard InChI is InChI=1S/C14H26N6O/c1-5-6-16-11-7-12(19-14(15)18-11)20(4)9-13(21)17-8-10(2)3/h7,10H,5-6,8-9H2,1-4H3,(H,17,21)(H3,15,16,18,19). The highest BCUT2D eigenvalue weighted by Gasteiger charge is 2.11. The Morgan fingerprint density at radius 2 is 2.14 bits per heavy atom. The van der Waals surface area contributed by atoms with Crippen molar-refractivity contribution in [2.75, 3.05) is 42.6 Å². The predicted molar refractivity (Wildman–Crippen MR) is 86.3 cm³/mol. The summed E-state index contributed by atoms with van der Waals surface area (Å²) in [6, 6.07) is 1.79. The van der Waals surface area contributed by atoms with Gasteiger partial charge in [0, 0.05) is 26.2 Å². The summed E-state index contributed by atoms with van der Waals surface area (Å²) in [4.78, 5) is 21.9. The summed E-state index contributed by atoms with van der Waals surface area (Å²) in [6.45, 7) is 7.90. The molecule has 118 valence electrons. The number of nitrogens with one attached hydrogen (secondary N) is 2. The van der Waals surface area contributed by atoms with Crippen LogP contribution < -0.4 is 21.3 Å². The first-order chi connectivity index (χ1) is 9.92. The van der Waals surface area contributed by atoms with E-state index < -0.39 is 0 Å². The molecule has 0 spiro atoms. The van der Waals surface area contributed by atoms with Crippen LogP contribution in [0.25, 0.3) is 0 Å². The number of carbonyl (C=O) groups is 1. The molecule has 1 heterocycles. The molecule has 0 aliphatic rings. The highest BCUT2D eigenvalue weighted by Crippen LogP contribution is 2.15. The normalized spacial score (nSPS) is 10.5. The van der Waals surface area contributed by atoms with Crippen molar-refractivity contribution < 1.29 is 4.79 Å². The lowest BCUT2D eigenvalue weighted by atomic mass is 10.2. The lowest BCUT2D eigenvalue weighted by Crippen LogP contribution is -2.37. The van der Waals surface area contributed by atoms with E-state index in [1.807, 2.05) is 0 Å². The van der Waals surface area contributed by atoms with Crippen molar-refractivity contribution in [3.8, 4) is 0 Å². The van der Waals surface area contributed by atoms with E-state index in [0.29, 0.717) is 24.1 Å². The number of amides is 1. The van der Waals surface area contributed by atoms with Gasteiger partial charge in [0.25, 0.3) is 0 Å². The molecular weight excluding hydrogens is 268 g/mol. The Balaban J connectivity index is 2.66. The fourth-order valence-electron chi connectivity index (χ4n) is 1.66. The summed E-state index contributed by atoms with van der Waals surface area (Å²) in [7, 11) is 1.81. The van der Waals surface area contributed by atoms with Gasteiger partial charge in [0.05, 0.1) is 6.54 Å². The monoisotopic (exact) mass is 294 g/mol. The molecule has 0 radical (unpaired) electrons. The number of hydrogen-bond donors (Lipinski definition) is 3. The van der Waals surface area contributed by atoms with E-state index in [1.165, 1.54) is 0 Å². The zero-order chi connectivity index (χ0) is 15.8. The number of carbonyl (C=O) groups excluding carboxylic acids is 1. The lowest BCUT2D eigenvalue weighted by Gasteiger charge is -2.19. The van der Waals surface area contributed by atoms with Crippen molar-refractivity contribution in [2.24, 2.45) is 5.92 Å². The lowest BCUT2D eigenvalue weighted by molar-refractivity contribution is -0.119. The van der Waals surface area contributed by atoms with Crippen LogP contribution >= 0.6 is 0 Å². The second kappa shape index (κ2) is 8.28. The summed E-state index contributed by atoms with van der Waals surface area (Å²) in [5.41, 5.74) is 5.71. The molecule has 0 aromatic carbocycles. The number of anilines is 3. The highest BCUT2D eigenvalue weighted by atomic mass is 16.2.